The molecule has 1 heterocycles. The number of benzene rings is 1. The Bertz CT molecular complexity index is 883. The van der Waals surface area contributed by atoms with Gasteiger partial charge in [-0.3, -0.25) is 24.1 Å². The molecule has 1 aromatic carbocycles. The first kappa shape index (κ1) is 17.3. The Hall–Kier alpha value is -2.76. The summed E-state index contributed by atoms with van der Waals surface area (Å²) in [6.45, 7) is 1.61. The second-order valence-electron chi connectivity index (χ2n) is 8.41. The van der Waals surface area contributed by atoms with Crippen molar-refractivity contribution in [1.29, 1.82) is 0 Å². The summed E-state index contributed by atoms with van der Waals surface area (Å²) in [6.07, 6.45) is 5.50. The van der Waals surface area contributed by atoms with Gasteiger partial charge in [0.15, 0.2) is 5.78 Å². The number of rotatable bonds is 5. The van der Waals surface area contributed by atoms with Crippen LogP contribution in [0.2, 0.25) is 0 Å². The predicted octanol–water partition coefficient (Wildman–Crippen LogP) is 2.27. The van der Waals surface area contributed by atoms with E-state index in [4.69, 9.17) is 0 Å². The van der Waals surface area contributed by atoms with Gasteiger partial charge in [-0.05, 0) is 61.3 Å². The van der Waals surface area contributed by atoms with Gasteiger partial charge >= 0.3 is 0 Å². The smallest absolute Gasteiger partial charge is 0.233 e. The number of hydrogen-bond donors (Lipinski definition) is 1. The number of Topliss-reactive ketones (excluding diaryl/α,β-unsaturated/α-hetero) is 1. The van der Waals surface area contributed by atoms with Crippen molar-refractivity contribution < 1.29 is 19.2 Å². The maximum atomic E-state index is 12.9. The number of carbonyl (C=O) groups is 4. The molecule has 28 heavy (non-hydrogen) atoms. The summed E-state index contributed by atoms with van der Waals surface area (Å²) in [5.74, 6) is 0.647. The highest BCUT2D eigenvalue weighted by Gasteiger charge is 2.66. The van der Waals surface area contributed by atoms with Crippen molar-refractivity contribution in [2.24, 2.45) is 35.5 Å². The van der Waals surface area contributed by atoms with Crippen molar-refractivity contribution in [3.8, 4) is 0 Å². The van der Waals surface area contributed by atoms with Gasteiger partial charge in [0.05, 0.1) is 11.8 Å². The molecule has 0 radical (unpaired) electrons. The van der Waals surface area contributed by atoms with Crippen molar-refractivity contribution in [3.63, 3.8) is 0 Å². The standard InChI is InChI=1S/C22H22N2O4/c1-11(25)12-2-4-13(5-3-12)23-18(26)8-9-24-21(27)19-14-6-7-15(17-10-16(14)17)20(19)22(24)28/h2-7,14-17,19-20H,8-10H2,1H3,(H,23,26)/t14-,15+,16-,17-,19+,20+/m1/s1. The van der Waals surface area contributed by atoms with Crippen LogP contribution in [0.25, 0.3) is 0 Å². The molecule has 2 bridgehead atoms. The minimum atomic E-state index is -0.255. The van der Waals surface area contributed by atoms with E-state index in [9.17, 15) is 19.2 Å². The summed E-state index contributed by atoms with van der Waals surface area (Å²) >= 11 is 0. The normalized spacial score (nSPS) is 34.2. The molecule has 0 aromatic heterocycles. The van der Waals surface area contributed by atoms with Crippen LogP contribution in [0.4, 0.5) is 5.69 Å². The number of anilines is 1. The van der Waals surface area contributed by atoms with Gasteiger partial charge in [0.2, 0.25) is 17.7 Å². The summed E-state index contributed by atoms with van der Waals surface area (Å²) in [6, 6.07) is 6.66. The molecule has 3 fully saturated rings. The maximum absolute atomic E-state index is 12.9. The molecule has 3 amide bonds. The molecule has 0 unspecified atom stereocenters. The van der Waals surface area contributed by atoms with Crippen LogP contribution in [-0.4, -0.2) is 34.9 Å². The lowest BCUT2D eigenvalue weighted by Gasteiger charge is -2.37. The molecule has 4 aliphatic carbocycles. The molecule has 1 saturated heterocycles. The number of carbonyl (C=O) groups excluding carboxylic acids is 4. The number of nitrogens with one attached hydrogen (secondary N) is 1. The number of allylic oxidation sites excluding steroid dienone is 2. The molecule has 1 aliphatic heterocycles. The highest BCUT2D eigenvalue weighted by atomic mass is 16.2. The third kappa shape index (κ3) is 2.54. The minimum Gasteiger partial charge on any atom is -0.326 e. The lowest BCUT2D eigenvalue weighted by Crippen LogP contribution is -2.40. The van der Waals surface area contributed by atoms with Crippen LogP contribution in [0.1, 0.15) is 30.1 Å². The molecule has 1 N–H and O–H groups in total. The van der Waals surface area contributed by atoms with Gasteiger partial charge in [0.1, 0.15) is 0 Å². The molecular weight excluding hydrogens is 356 g/mol. The summed E-state index contributed by atoms with van der Waals surface area (Å²) in [4.78, 5) is 50.7. The Morgan fingerprint density at radius 3 is 2.11 bits per heavy atom. The molecular formula is C22H22N2O4. The first-order valence-corrected chi connectivity index (χ1v) is 9.90. The minimum absolute atomic E-state index is 0.0357. The third-order valence-corrected chi connectivity index (χ3v) is 6.89. The average molecular weight is 378 g/mol. The van der Waals surface area contributed by atoms with Crippen LogP contribution < -0.4 is 5.32 Å². The van der Waals surface area contributed by atoms with Crippen LogP contribution in [0.3, 0.4) is 0 Å². The van der Waals surface area contributed by atoms with Gasteiger partial charge in [-0.2, -0.15) is 0 Å². The quantitative estimate of drug-likeness (QED) is 0.484. The number of ketones is 1. The average Bonchev–Trinajstić information content (AvgIpc) is 3.46. The maximum Gasteiger partial charge on any atom is 0.233 e. The van der Waals surface area contributed by atoms with E-state index in [1.54, 1.807) is 24.3 Å². The number of likely N-dealkylation sites (tertiary alicyclic amines) is 1. The summed E-state index contributed by atoms with van der Waals surface area (Å²) in [5.41, 5.74) is 1.17. The van der Waals surface area contributed by atoms with Gasteiger partial charge < -0.3 is 5.32 Å². The Morgan fingerprint density at radius 1 is 1.00 bits per heavy atom. The highest BCUT2D eigenvalue weighted by Crippen LogP contribution is 2.65. The topological polar surface area (TPSA) is 83.6 Å². The second kappa shape index (κ2) is 6.12. The van der Waals surface area contributed by atoms with Gasteiger partial charge in [0, 0.05) is 24.2 Å². The molecule has 0 spiro atoms. The summed E-state index contributed by atoms with van der Waals surface area (Å²) < 4.78 is 0. The van der Waals surface area contributed by atoms with E-state index in [0.29, 0.717) is 23.1 Å². The lowest BCUT2D eigenvalue weighted by molar-refractivity contribution is -0.140. The number of hydrogen-bond acceptors (Lipinski definition) is 4. The van der Waals surface area contributed by atoms with E-state index in [-0.39, 0.29) is 60.1 Å². The number of amides is 3. The third-order valence-electron chi connectivity index (χ3n) is 6.89. The fourth-order valence-electron chi connectivity index (χ4n) is 5.46. The Labute approximate surface area is 163 Å². The van der Waals surface area contributed by atoms with E-state index >= 15 is 0 Å². The van der Waals surface area contributed by atoms with Crippen molar-refractivity contribution in [2.75, 3.05) is 11.9 Å². The fourth-order valence-corrected chi connectivity index (χ4v) is 5.46. The molecule has 1 aromatic rings. The Kier molecular flexibility index (Phi) is 3.79. The lowest BCUT2D eigenvalue weighted by atomic mass is 9.63. The molecule has 6 rings (SSSR count). The van der Waals surface area contributed by atoms with Crippen LogP contribution in [0, 0.1) is 35.5 Å². The van der Waals surface area contributed by atoms with Crippen LogP contribution in [-0.2, 0) is 14.4 Å². The molecule has 6 nitrogen and oxygen atoms in total. The SMILES string of the molecule is CC(=O)c1ccc(NC(=O)CCN2C(=O)[C@H]3[C@@H]4C=C[C@@H]([C@H]5C[C@H]45)[C@@H]3C2=O)cc1. The van der Waals surface area contributed by atoms with E-state index in [1.807, 2.05) is 0 Å². The molecule has 144 valence electrons. The van der Waals surface area contributed by atoms with Gasteiger partial charge in [-0.15, -0.1) is 0 Å². The van der Waals surface area contributed by atoms with Crippen molar-refractivity contribution >= 4 is 29.2 Å². The van der Waals surface area contributed by atoms with Crippen molar-refractivity contribution in [1.82, 2.24) is 4.90 Å². The highest BCUT2D eigenvalue weighted by molar-refractivity contribution is 6.06. The number of nitrogens with zero attached hydrogens (tertiary/aromatic N) is 1. The van der Waals surface area contributed by atoms with Gasteiger partial charge in [-0.1, -0.05) is 12.2 Å². The molecule has 5 aliphatic rings. The second-order valence-corrected chi connectivity index (χ2v) is 8.41. The fraction of sp³-hybridized carbons (Fsp3) is 0.455. The molecule has 6 atom stereocenters. The van der Waals surface area contributed by atoms with Crippen LogP contribution in [0.5, 0.6) is 0 Å². The monoisotopic (exact) mass is 378 g/mol. The summed E-state index contributed by atoms with van der Waals surface area (Å²) in [5, 5.41) is 2.76. The largest absolute Gasteiger partial charge is 0.326 e. The zero-order valence-electron chi connectivity index (χ0n) is 15.6. The molecule has 6 heteroatoms. The van der Waals surface area contributed by atoms with E-state index < -0.39 is 0 Å². The van der Waals surface area contributed by atoms with Crippen LogP contribution in [0.15, 0.2) is 36.4 Å². The van der Waals surface area contributed by atoms with Gasteiger partial charge in [-0.25, -0.2) is 0 Å². The van der Waals surface area contributed by atoms with Crippen LogP contribution >= 0.6 is 0 Å². The van der Waals surface area contributed by atoms with Crippen molar-refractivity contribution in [3.05, 3.63) is 42.0 Å². The zero-order valence-corrected chi connectivity index (χ0v) is 15.6. The number of imide groups is 1. The Morgan fingerprint density at radius 2 is 1.57 bits per heavy atom. The van der Waals surface area contributed by atoms with E-state index in [2.05, 4.69) is 17.5 Å². The predicted molar refractivity (Wildman–Crippen MR) is 101 cm³/mol. The Balaban J connectivity index is 1.21. The van der Waals surface area contributed by atoms with Gasteiger partial charge in [0.25, 0.3) is 0 Å². The van der Waals surface area contributed by atoms with Crippen molar-refractivity contribution in [2.45, 2.75) is 19.8 Å². The first-order chi connectivity index (χ1) is 13.5. The van der Waals surface area contributed by atoms with E-state index in [0.717, 1.165) is 6.42 Å². The zero-order chi connectivity index (χ0) is 19.6. The summed E-state index contributed by atoms with van der Waals surface area (Å²) in [7, 11) is 0. The van der Waals surface area contributed by atoms with E-state index in [1.165, 1.54) is 11.8 Å². The first-order valence-electron chi connectivity index (χ1n) is 9.90. The molecule has 2 saturated carbocycles.